The number of aryl methyl sites for hydroxylation is 1. The number of nitrogens with one attached hydrogen (secondary N) is 1. The van der Waals surface area contributed by atoms with E-state index >= 15 is 0 Å². The van der Waals surface area contributed by atoms with Gasteiger partial charge in [-0.25, -0.2) is 0 Å². The second-order valence-electron chi connectivity index (χ2n) is 8.10. The van der Waals surface area contributed by atoms with Crippen LogP contribution >= 0.6 is 0 Å². The molecule has 6 heteroatoms. The van der Waals surface area contributed by atoms with Crippen molar-refractivity contribution in [2.75, 3.05) is 13.1 Å². The molecule has 1 aromatic carbocycles. The number of piperidine rings is 1. The number of rotatable bonds is 7. The largest absolute Gasteiger partial charge is 0.347 e. The van der Waals surface area contributed by atoms with Crippen molar-refractivity contribution in [3.05, 3.63) is 83.9 Å². The number of benzene rings is 1. The monoisotopic (exact) mass is 403 g/mol. The highest BCUT2D eigenvalue weighted by Gasteiger charge is 2.29. The molecule has 4 rings (SSSR count). The third-order valence-corrected chi connectivity index (χ3v) is 5.80. The van der Waals surface area contributed by atoms with Gasteiger partial charge in [0.15, 0.2) is 0 Å². The third kappa shape index (κ3) is 5.33. The summed E-state index contributed by atoms with van der Waals surface area (Å²) in [4.78, 5) is 19.8. The number of amides is 1. The van der Waals surface area contributed by atoms with Crippen LogP contribution in [0, 0.1) is 5.92 Å². The van der Waals surface area contributed by atoms with E-state index in [2.05, 4.69) is 26.5 Å². The van der Waals surface area contributed by atoms with Crippen LogP contribution in [-0.2, 0) is 24.8 Å². The summed E-state index contributed by atoms with van der Waals surface area (Å²) < 4.78 is 1.85. The first kappa shape index (κ1) is 20.3. The highest BCUT2D eigenvalue weighted by atomic mass is 16.1. The maximum Gasteiger partial charge on any atom is 0.224 e. The van der Waals surface area contributed by atoms with E-state index in [1.807, 2.05) is 72.7 Å². The Morgan fingerprint density at radius 2 is 1.87 bits per heavy atom. The Balaban J connectivity index is 1.40. The molecule has 0 radical (unpaired) electrons. The van der Waals surface area contributed by atoms with Crippen LogP contribution in [0.5, 0.6) is 0 Å². The summed E-state index contributed by atoms with van der Waals surface area (Å²) in [5.41, 5.74) is 3.22. The number of nitrogens with zero attached hydrogens (tertiary/aromatic N) is 4. The molecule has 3 heterocycles. The lowest BCUT2D eigenvalue weighted by Crippen LogP contribution is -2.41. The van der Waals surface area contributed by atoms with Crippen LogP contribution < -0.4 is 5.32 Å². The maximum absolute atomic E-state index is 12.8. The molecular weight excluding hydrogens is 374 g/mol. The smallest absolute Gasteiger partial charge is 0.224 e. The molecule has 2 aromatic heterocycles. The van der Waals surface area contributed by atoms with Gasteiger partial charge >= 0.3 is 0 Å². The van der Waals surface area contributed by atoms with Crippen LogP contribution in [0.3, 0.4) is 0 Å². The molecule has 0 spiro atoms. The Labute approximate surface area is 177 Å². The van der Waals surface area contributed by atoms with Gasteiger partial charge in [-0.15, -0.1) is 0 Å². The van der Waals surface area contributed by atoms with Gasteiger partial charge in [-0.3, -0.25) is 19.4 Å². The zero-order valence-corrected chi connectivity index (χ0v) is 17.4. The molecule has 6 nitrogen and oxygen atoms in total. The third-order valence-electron chi connectivity index (χ3n) is 5.80. The van der Waals surface area contributed by atoms with Crippen molar-refractivity contribution in [3.63, 3.8) is 0 Å². The van der Waals surface area contributed by atoms with E-state index in [0.717, 1.165) is 43.7 Å². The van der Waals surface area contributed by atoms with E-state index < -0.39 is 0 Å². The number of aromatic nitrogens is 3. The molecule has 1 atom stereocenters. The van der Waals surface area contributed by atoms with Gasteiger partial charge in [0, 0.05) is 31.5 Å². The van der Waals surface area contributed by atoms with E-state index in [4.69, 9.17) is 0 Å². The molecular formula is C24H29N5O. The molecule has 1 N–H and O–H groups in total. The lowest BCUT2D eigenvalue weighted by atomic mass is 9.87. The molecule has 1 fully saturated rings. The summed E-state index contributed by atoms with van der Waals surface area (Å²) >= 11 is 0. The van der Waals surface area contributed by atoms with Crippen LogP contribution in [0.2, 0.25) is 0 Å². The minimum Gasteiger partial charge on any atom is -0.347 e. The number of pyridine rings is 1. The van der Waals surface area contributed by atoms with Gasteiger partial charge in [0.1, 0.15) is 0 Å². The minimum absolute atomic E-state index is 0.0506. The Kier molecular flexibility index (Phi) is 6.54. The lowest BCUT2D eigenvalue weighted by Gasteiger charge is -2.36. The van der Waals surface area contributed by atoms with Crippen LogP contribution in [0.25, 0.3) is 0 Å². The zero-order chi connectivity index (χ0) is 20.8. The molecule has 1 amide bonds. The predicted octanol–water partition coefficient (Wildman–Crippen LogP) is 3.13. The zero-order valence-electron chi connectivity index (χ0n) is 17.4. The fourth-order valence-corrected chi connectivity index (χ4v) is 4.26. The summed E-state index contributed by atoms with van der Waals surface area (Å²) in [6.07, 6.45) is 8.28. The molecule has 30 heavy (non-hydrogen) atoms. The van der Waals surface area contributed by atoms with Crippen molar-refractivity contribution in [2.45, 2.75) is 31.8 Å². The molecule has 0 saturated carbocycles. The van der Waals surface area contributed by atoms with Gasteiger partial charge in [0.25, 0.3) is 0 Å². The van der Waals surface area contributed by atoms with Crippen molar-refractivity contribution in [3.8, 4) is 0 Å². The van der Waals surface area contributed by atoms with Crippen LogP contribution in [0.4, 0.5) is 0 Å². The van der Waals surface area contributed by atoms with Crippen molar-refractivity contribution in [1.29, 1.82) is 0 Å². The van der Waals surface area contributed by atoms with Crippen LogP contribution in [0.15, 0.2) is 67.1 Å². The van der Waals surface area contributed by atoms with Crippen LogP contribution in [-0.4, -0.2) is 38.7 Å². The minimum atomic E-state index is -0.0528. The molecule has 1 aliphatic rings. The van der Waals surface area contributed by atoms with E-state index in [-0.39, 0.29) is 11.9 Å². The Morgan fingerprint density at radius 1 is 1.10 bits per heavy atom. The summed E-state index contributed by atoms with van der Waals surface area (Å²) in [5.74, 6) is 0.430. The second-order valence-corrected chi connectivity index (χ2v) is 8.10. The first-order valence-corrected chi connectivity index (χ1v) is 10.6. The maximum atomic E-state index is 12.8. The van der Waals surface area contributed by atoms with Crippen LogP contribution in [0.1, 0.15) is 35.7 Å². The Hall–Kier alpha value is -2.99. The second kappa shape index (κ2) is 9.67. The number of hydrogen-bond acceptors (Lipinski definition) is 4. The van der Waals surface area contributed by atoms with Crippen molar-refractivity contribution < 1.29 is 4.79 Å². The quantitative estimate of drug-likeness (QED) is 0.658. The van der Waals surface area contributed by atoms with Gasteiger partial charge < -0.3 is 5.32 Å². The van der Waals surface area contributed by atoms with Gasteiger partial charge in [-0.2, -0.15) is 5.10 Å². The first-order chi connectivity index (χ1) is 14.7. The van der Waals surface area contributed by atoms with E-state index in [1.54, 1.807) is 0 Å². The SMILES string of the molecule is Cn1cc(CN2CCC(C(NC(=O)Cc3ccccc3)c3ccccn3)CC2)cn1. The summed E-state index contributed by atoms with van der Waals surface area (Å²) in [5, 5.41) is 7.55. The average Bonchev–Trinajstić information content (AvgIpc) is 3.18. The number of carbonyl (C=O) groups excluding carboxylic acids is 1. The first-order valence-electron chi connectivity index (χ1n) is 10.6. The lowest BCUT2D eigenvalue weighted by molar-refractivity contribution is -0.121. The molecule has 0 aliphatic carbocycles. The van der Waals surface area contributed by atoms with Crippen molar-refractivity contribution in [1.82, 2.24) is 25.0 Å². The fourth-order valence-electron chi connectivity index (χ4n) is 4.26. The summed E-state index contributed by atoms with van der Waals surface area (Å²) in [7, 11) is 1.95. The van der Waals surface area contributed by atoms with Gasteiger partial charge in [-0.1, -0.05) is 36.4 Å². The number of hydrogen-bond donors (Lipinski definition) is 1. The average molecular weight is 404 g/mol. The normalized spacial score (nSPS) is 16.3. The summed E-state index contributed by atoms with van der Waals surface area (Å²) in [6, 6.07) is 15.8. The van der Waals surface area contributed by atoms with Crippen molar-refractivity contribution in [2.24, 2.45) is 13.0 Å². The topological polar surface area (TPSA) is 63.0 Å². The number of carbonyl (C=O) groups is 1. The van der Waals surface area contributed by atoms with Crippen molar-refractivity contribution >= 4 is 5.91 Å². The Morgan fingerprint density at radius 3 is 2.53 bits per heavy atom. The highest BCUT2D eigenvalue weighted by Crippen LogP contribution is 2.30. The molecule has 1 saturated heterocycles. The van der Waals surface area contributed by atoms with E-state index in [9.17, 15) is 4.79 Å². The number of likely N-dealkylation sites (tertiary alicyclic amines) is 1. The highest BCUT2D eigenvalue weighted by molar-refractivity contribution is 5.79. The molecule has 0 bridgehead atoms. The summed E-state index contributed by atoms with van der Waals surface area (Å²) in [6.45, 7) is 2.95. The molecule has 156 valence electrons. The van der Waals surface area contributed by atoms with Gasteiger partial charge in [-0.05, 0) is 49.5 Å². The molecule has 3 aromatic rings. The van der Waals surface area contributed by atoms with E-state index in [0.29, 0.717) is 12.3 Å². The van der Waals surface area contributed by atoms with E-state index in [1.165, 1.54) is 5.56 Å². The Bertz CT molecular complexity index is 932. The molecule has 1 unspecified atom stereocenters. The van der Waals surface area contributed by atoms with Gasteiger partial charge in [0.05, 0.1) is 24.4 Å². The predicted molar refractivity (Wildman–Crippen MR) is 116 cm³/mol. The standard InChI is InChI=1S/C24H29N5O/c1-28-17-20(16-26-28)18-29-13-10-21(11-14-29)24(22-9-5-6-12-25-22)27-23(30)15-19-7-3-2-4-8-19/h2-9,12,16-17,21,24H,10-11,13-15,18H2,1H3,(H,27,30). The fraction of sp³-hybridized carbons (Fsp3) is 0.375. The molecule has 1 aliphatic heterocycles. The van der Waals surface area contributed by atoms with Gasteiger partial charge in [0.2, 0.25) is 5.91 Å².